The van der Waals surface area contributed by atoms with E-state index in [9.17, 15) is 27.6 Å². The lowest BCUT2D eigenvalue weighted by atomic mass is 10.1. The van der Waals surface area contributed by atoms with Gasteiger partial charge in [-0.3, -0.25) is 14.4 Å². The zero-order valence-corrected chi connectivity index (χ0v) is 23.4. The normalized spacial score (nSPS) is 14.9. The van der Waals surface area contributed by atoms with Crippen molar-refractivity contribution in [2.24, 2.45) is 5.92 Å². The van der Waals surface area contributed by atoms with Crippen LogP contribution in [0.2, 0.25) is 0 Å². The maximum Gasteiger partial charge on any atom is 0.339 e. The largest absolute Gasteiger partial charge is 0.462 e. The van der Waals surface area contributed by atoms with E-state index >= 15 is 0 Å². The van der Waals surface area contributed by atoms with Crippen LogP contribution in [-0.2, 0) is 29.2 Å². The highest BCUT2D eigenvalue weighted by atomic mass is 32.2. The van der Waals surface area contributed by atoms with Crippen LogP contribution in [0.3, 0.4) is 0 Å². The molecule has 1 aliphatic heterocycles. The second-order valence-electron chi connectivity index (χ2n) is 9.49. The van der Waals surface area contributed by atoms with Gasteiger partial charge in [-0.1, -0.05) is 24.6 Å². The molecule has 4 rings (SSSR count). The monoisotopic (exact) mass is 579 g/mol. The average molecular weight is 580 g/mol. The zero-order valence-electron chi connectivity index (χ0n) is 22.6. The predicted octanol–water partition coefficient (Wildman–Crippen LogP) is 4.11. The molecule has 1 heterocycles. The van der Waals surface area contributed by atoms with Crippen molar-refractivity contribution >= 4 is 39.4 Å². The minimum absolute atomic E-state index is 0.00301. The SMILES string of the molecule is CCCOC(=O)c1ccc(N2C[C@@H](C(=O)OCC(=O)c3ccc(OS(=O)(=O)c4ccc(C)cc4)cc3)CC2=O)cc1. The average Bonchev–Trinajstić information content (AvgIpc) is 3.36. The van der Waals surface area contributed by atoms with Crippen molar-refractivity contribution in [1.82, 2.24) is 0 Å². The van der Waals surface area contributed by atoms with Crippen molar-refractivity contribution in [2.45, 2.75) is 31.6 Å². The van der Waals surface area contributed by atoms with Crippen molar-refractivity contribution in [3.8, 4) is 5.75 Å². The summed E-state index contributed by atoms with van der Waals surface area (Å²) in [6.07, 6.45) is 0.632. The van der Waals surface area contributed by atoms with Gasteiger partial charge in [0.15, 0.2) is 12.4 Å². The smallest absolute Gasteiger partial charge is 0.339 e. The number of nitrogens with zero attached hydrogens (tertiary/aromatic N) is 1. The molecule has 0 radical (unpaired) electrons. The fourth-order valence-corrected chi connectivity index (χ4v) is 5.01. The number of anilines is 1. The molecule has 1 aliphatic rings. The third-order valence-corrected chi connectivity index (χ3v) is 7.61. The van der Waals surface area contributed by atoms with Gasteiger partial charge < -0.3 is 18.6 Å². The lowest BCUT2D eigenvalue weighted by Crippen LogP contribution is -2.27. The molecule has 0 N–H and O–H groups in total. The second kappa shape index (κ2) is 12.8. The van der Waals surface area contributed by atoms with E-state index in [1.807, 2.05) is 13.8 Å². The number of ketones is 1. The third kappa shape index (κ3) is 7.37. The Kier molecular flexibility index (Phi) is 9.18. The van der Waals surface area contributed by atoms with Crippen LogP contribution in [-0.4, -0.2) is 51.8 Å². The van der Waals surface area contributed by atoms with Gasteiger partial charge in [0.1, 0.15) is 10.6 Å². The van der Waals surface area contributed by atoms with Crippen molar-refractivity contribution < 1.29 is 41.3 Å². The minimum Gasteiger partial charge on any atom is -0.462 e. The van der Waals surface area contributed by atoms with Gasteiger partial charge in [-0.05, 0) is 74.0 Å². The van der Waals surface area contributed by atoms with Crippen LogP contribution in [0, 0.1) is 12.8 Å². The number of hydrogen-bond donors (Lipinski definition) is 0. The summed E-state index contributed by atoms with van der Waals surface area (Å²) < 4.78 is 40.3. The molecule has 1 saturated heterocycles. The number of amides is 1. The highest BCUT2D eigenvalue weighted by molar-refractivity contribution is 7.87. The summed E-state index contributed by atoms with van der Waals surface area (Å²) in [4.78, 5) is 51.1. The lowest BCUT2D eigenvalue weighted by molar-refractivity contribution is -0.147. The topological polar surface area (TPSA) is 133 Å². The number of ether oxygens (including phenoxy) is 2. The molecule has 41 heavy (non-hydrogen) atoms. The molecule has 0 unspecified atom stereocenters. The van der Waals surface area contributed by atoms with Crippen molar-refractivity contribution in [3.05, 3.63) is 89.5 Å². The molecule has 10 nitrogen and oxygen atoms in total. The maximum absolute atomic E-state index is 12.6. The van der Waals surface area contributed by atoms with E-state index in [0.717, 1.165) is 5.56 Å². The van der Waals surface area contributed by atoms with Gasteiger partial charge in [-0.2, -0.15) is 8.42 Å². The molecule has 0 aromatic heterocycles. The first-order chi connectivity index (χ1) is 19.6. The number of esters is 2. The second-order valence-corrected chi connectivity index (χ2v) is 11.0. The number of aryl methyl sites for hydroxylation is 1. The predicted molar refractivity (Wildman–Crippen MR) is 148 cm³/mol. The summed E-state index contributed by atoms with van der Waals surface area (Å²) in [6.45, 7) is 3.58. The Labute approximate surface area is 238 Å². The van der Waals surface area contributed by atoms with E-state index in [-0.39, 0.29) is 35.1 Å². The molecule has 0 spiro atoms. The van der Waals surface area contributed by atoms with Gasteiger partial charge in [0.2, 0.25) is 5.91 Å². The lowest BCUT2D eigenvalue weighted by Gasteiger charge is -2.17. The molecule has 214 valence electrons. The Morgan fingerprint density at radius 3 is 2.15 bits per heavy atom. The van der Waals surface area contributed by atoms with Crippen LogP contribution in [0.15, 0.2) is 77.7 Å². The van der Waals surface area contributed by atoms with Crippen LogP contribution < -0.4 is 9.08 Å². The van der Waals surface area contributed by atoms with E-state index in [2.05, 4.69) is 0 Å². The molecule has 3 aromatic carbocycles. The summed E-state index contributed by atoms with van der Waals surface area (Å²) in [5, 5.41) is 0. The number of rotatable bonds is 11. The van der Waals surface area contributed by atoms with E-state index in [4.69, 9.17) is 13.7 Å². The third-order valence-electron chi connectivity index (χ3n) is 6.35. The van der Waals surface area contributed by atoms with Gasteiger partial charge in [0.25, 0.3) is 0 Å². The Bertz CT molecular complexity index is 1530. The summed E-state index contributed by atoms with van der Waals surface area (Å²) >= 11 is 0. The standard InChI is InChI=1S/C30H29NO9S/c1-3-16-38-29(34)22-6-10-24(11-7-22)31-18-23(17-28(31)33)30(35)39-19-27(32)21-8-12-25(13-9-21)40-41(36,37)26-14-4-20(2)5-15-26/h4-15,23H,3,16-19H2,1-2H3/t23-/m0/s1. The highest BCUT2D eigenvalue weighted by Gasteiger charge is 2.36. The number of carbonyl (C=O) groups is 4. The first-order valence-electron chi connectivity index (χ1n) is 13.0. The molecule has 1 fully saturated rings. The van der Waals surface area contributed by atoms with Crippen LogP contribution in [0.4, 0.5) is 5.69 Å². The van der Waals surface area contributed by atoms with Crippen LogP contribution >= 0.6 is 0 Å². The molecular weight excluding hydrogens is 550 g/mol. The van der Waals surface area contributed by atoms with Gasteiger partial charge in [0, 0.05) is 24.2 Å². The van der Waals surface area contributed by atoms with Crippen LogP contribution in [0.5, 0.6) is 5.75 Å². The molecular formula is C30H29NO9S. The Balaban J connectivity index is 1.29. The molecule has 0 saturated carbocycles. The Morgan fingerprint density at radius 1 is 0.878 bits per heavy atom. The molecule has 1 amide bonds. The van der Waals surface area contributed by atoms with Crippen LogP contribution in [0.25, 0.3) is 0 Å². The number of benzene rings is 3. The van der Waals surface area contributed by atoms with Crippen molar-refractivity contribution in [2.75, 3.05) is 24.7 Å². The van der Waals surface area contributed by atoms with Crippen LogP contribution in [0.1, 0.15) is 46.0 Å². The van der Waals surface area contributed by atoms with E-state index in [1.54, 1.807) is 36.4 Å². The summed E-state index contributed by atoms with van der Waals surface area (Å²) in [5.74, 6) is -2.65. The molecule has 11 heteroatoms. The van der Waals surface area contributed by atoms with Crippen molar-refractivity contribution in [3.63, 3.8) is 0 Å². The van der Waals surface area contributed by atoms with E-state index in [1.165, 1.54) is 41.3 Å². The first kappa shape index (κ1) is 29.5. The first-order valence-corrected chi connectivity index (χ1v) is 14.4. The molecule has 0 bridgehead atoms. The van der Waals surface area contributed by atoms with Gasteiger partial charge in [0.05, 0.1) is 18.1 Å². The van der Waals surface area contributed by atoms with Gasteiger partial charge >= 0.3 is 22.1 Å². The zero-order chi connectivity index (χ0) is 29.6. The fraction of sp³-hybridized carbons (Fsp3) is 0.267. The van der Waals surface area contributed by atoms with E-state index in [0.29, 0.717) is 24.3 Å². The summed E-state index contributed by atoms with van der Waals surface area (Å²) in [5.41, 5.74) is 1.98. The minimum atomic E-state index is -4.04. The summed E-state index contributed by atoms with van der Waals surface area (Å²) in [7, 11) is -4.04. The molecule has 0 aliphatic carbocycles. The molecule has 3 aromatic rings. The number of carbonyl (C=O) groups excluding carboxylic acids is 4. The Morgan fingerprint density at radius 2 is 1.51 bits per heavy atom. The molecule has 1 atom stereocenters. The van der Waals surface area contributed by atoms with Crippen molar-refractivity contribution in [1.29, 1.82) is 0 Å². The van der Waals surface area contributed by atoms with Gasteiger partial charge in [-0.25, -0.2) is 4.79 Å². The maximum atomic E-state index is 12.6. The highest BCUT2D eigenvalue weighted by Crippen LogP contribution is 2.27. The fourth-order valence-electron chi connectivity index (χ4n) is 4.08. The number of hydrogen-bond acceptors (Lipinski definition) is 9. The quantitative estimate of drug-likeness (QED) is 0.187. The summed E-state index contributed by atoms with van der Waals surface area (Å²) in [6, 6.07) is 17.9. The van der Waals surface area contributed by atoms with E-state index < -0.39 is 40.4 Å². The Hall–Kier alpha value is -4.51. The number of Topliss-reactive ketones (excluding diaryl/α,β-unsaturated/α-hetero) is 1. The van der Waals surface area contributed by atoms with Gasteiger partial charge in [-0.15, -0.1) is 0 Å².